The number of hydrogen-bond donors (Lipinski definition) is 0. The van der Waals surface area contributed by atoms with Gasteiger partial charge in [0.1, 0.15) is 11.2 Å². The molecule has 2 unspecified atom stereocenters. The van der Waals surface area contributed by atoms with Crippen molar-refractivity contribution in [2.24, 2.45) is 28.6 Å². The number of carbonyl (C=O) groups is 3. The number of ether oxygens (including phenoxy) is 3. The first-order valence-electron chi connectivity index (χ1n) is 11.4. The number of carbonyl (C=O) groups excluding carboxylic acids is 3. The monoisotopic (exact) mass is 430 g/mol. The lowest BCUT2D eigenvalue weighted by molar-refractivity contribution is -0.172. The Bertz CT molecular complexity index is 908. The Labute approximate surface area is 184 Å². The number of hydrogen-bond acceptors (Lipinski definition) is 6. The maximum Gasteiger partial charge on any atom is 0.309 e. The molecule has 6 heteroatoms. The molecule has 6 nitrogen and oxygen atoms in total. The van der Waals surface area contributed by atoms with Crippen LogP contribution in [0.5, 0.6) is 0 Å². The number of rotatable bonds is 1. The molecule has 2 spiro atoms. The van der Waals surface area contributed by atoms with Crippen LogP contribution in [0.4, 0.5) is 0 Å². The maximum absolute atomic E-state index is 13.0. The van der Waals surface area contributed by atoms with Gasteiger partial charge >= 0.3 is 11.9 Å². The fourth-order valence-electron chi connectivity index (χ4n) is 8.69. The first-order valence-corrected chi connectivity index (χ1v) is 11.4. The molecule has 170 valence electrons. The standard InChI is InChI=1S/C24H30O6.CH4/c1-21-7-4-14(25)10-13(21)11-15(20(27)28-3)19-16-5-8-23(9-6-18(26)30-23)22(16,2)12-17-24(19,21)29-17;/h10,15-17,19H,4-9,11-12H2,1-3H3;1H4/t15-,16?,17-,19?,21+,22+,23-,24-;/m1./s1. The average molecular weight is 431 g/mol. The van der Waals surface area contributed by atoms with Crippen LogP contribution in [0.1, 0.15) is 72.6 Å². The highest BCUT2D eigenvalue weighted by Gasteiger charge is 2.83. The van der Waals surface area contributed by atoms with E-state index in [0.29, 0.717) is 19.3 Å². The van der Waals surface area contributed by atoms with Crippen molar-refractivity contribution in [2.75, 3.05) is 7.11 Å². The highest BCUT2D eigenvalue weighted by atomic mass is 16.6. The number of methoxy groups -OCH3 is 1. The quantitative estimate of drug-likeness (QED) is 0.465. The van der Waals surface area contributed by atoms with E-state index in [9.17, 15) is 14.4 Å². The number of epoxide rings is 1. The van der Waals surface area contributed by atoms with E-state index in [1.165, 1.54) is 7.11 Å². The van der Waals surface area contributed by atoms with Crippen LogP contribution in [-0.2, 0) is 28.6 Å². The maximum atomic E-state index is 13.0. The van der Waals surface area contributed by atoms with E-state index < -0.39 is 11.2 Å². The number of ketones is 1. The predicted molar refractivity (Wildman–Crippen MR) is 112 cm³/mol. The smallest absolute Gasteiger partial charge is 0.309 e. The lowest BCUT2D eigenvalue weighted by atomic mass is 9.43. The Hall–Kier alpha value is -1.69. The van der Waals surface area contributed by atoms with Gasteiger partial charge in [-0.25, -0.2) is 0 Å². The van der Waals surface area contributed by atoms with E-state index in [1.807, 2.05) is 0 Å². The van der Waals surface area contributed by atoms with Crippen molar-refractivity contribution in [3.05, 3.63) is 11.6 Å². The molecule has 0 bridgehead atoms. The lowest BCUT2D eigenvalue weighted by Gasteiger charge is -2.58. The molecule has 3 saturated carbocycles. The summed E-state index contributed by atoms with van der Waals surface area (Å²) in [4.78, 5) is 37.4. The molecule has 8 atom stereocenters. The van der Waals surface area contributed by atoms with Crippen molar-refractivity contribution in [1.82, 2.24) is 0 Å². The first-order chi connectivity index (χ1) is 14.2. The number of esters is 2. The fraction of sp³-hybridized carbons (Fsp3) is 0.800. The summed E-state index contributed by atoms with van der Waals surface area (Å²) in [5, 5.41) is 0. The highest BCUT2D eigenvalue weighted by Crippen LogP contribution is 2.78. The summed E-state index contributed by atoms with van der Waals surface area (Å²) in [5.74, 6) is -0.201. The van der Waals surface area contributed by atoms with Gasteiger partial charge < -0.3 is 14.2 Å². The average Bonchev–Trinajstić information content (AvgIpc) is 3.20. The molecule has 2 saturated heterocycles. The van der Waals surface area contributed by atoms with E-state index in [2.05, 4.69) is 13.8 Å². The molecule has 31 heavy (non-hydrogen) atoms. The zero-order valence-corrected chi connectivity index (χ0v) is 18.0. The lowest BCUT2D eigenvalue weighted by Crippen LogP contribution is -2.63. The SMILES string of the molecule is C.COC(=O)[C@@H]1CC2=CC(=O)CC[C@]2(C)[C@@]23O[C@@H]2C[C@@]2(C)C(CC[C@@]24CCC(=O)O4)C13. The molecule has 2 aliphatic heterocycles. The molecule has 6 rings (SSSR count). The third-order valence-corrected chi connectivity index (χ3v) is 10.2. The Morgan fingerprint density at radius 2 is 1.94 bits per heavy atom. The summed E-state index contributed by atoms with van der Waals surface area (Å²) >= 11 is 0. The van der Waals surface area contributed by atoms with Gasteiger partial charge in [-0.2, -0.15) is 0 Å². The molecular weight excluding hydrogens is 396 g/mol. The minimum atomic E-state index is -0.424. The molecule has 0 aromatic carbocycles. The van der Waals surface area contributed by atoms with Crippen molar-refractivity contribution >= 4 is 17.7 Å². The third kappa shape index (κ3) is 2.25. The van der Waals surface area contributed by atoms with Crippen LogP contribution in [0.2, 0.25) is 0 Å². The molecule has 0 radical (unpaired) electrons. The largest absolute Gasteiger partial charge is 0.469 e. The van der Waals surface area contributed by atoms with Crippen molar-refractivity contribution in [1.29, 1.82) is 0 Å². The minimum Gasteiger partial charge on any atom is -0.469 e. The second-order valence-corrected chi connectivity index (χ2v) is 11.0. The summed E-state index contributed by atoms with van der Waals surface area (Å²) in [6, 6.07) is 0. The molecule has 2 heterocycles. The molecular formula is C25H34O6. The Morgan fingerprint density at radius 3 is 2.61 bits per heavy atom. The van der Waals surface area contributed by atoms with Gasteiger partial charge in [0.2, 0.25) is 0 Å². The Balaban J connectivity index is 0.00000204. The molecule has 0 N–H and O–H groups in total. The zero-order chi connectivity index (χ0) is 21.1. The fourth-order valence-corrected chi connectivity index (χ4v) is 8.69. The van der Waals surface area contributed by atoms with Gasteiger partial charge in [-0.15, -0.1) is 0 Å². The molecule has 6 aliphatic rings. The van der Waals surface area contributed by atoms with E-state index in [4.69, 9.17) is 14.2 Å². The van der Waals surface area contributed by atoms with E-state index >= 15 is 0 Å². The van der Waals surface area contributed by atoms with Crippen molar-refractivity contribution in [3.8, 4) is 0 Å². The van der Waals surface area contributed by atoms with Gasteiger partial charge in [-0.1, -0.05) is 26.8 Å². The Kier molecular flexibility index (Phi) is 4.24. The van der Waals surface area contributed by atoms with Crippen LogP contribution < -0.4 is 0 Å². The second-order valence-electron chi connectivity index (χ2n) is 11.0. The molecule has 4 aliphatic carbocycles. The van der Waals surface area contributed by atoms with Gasteiger partial charge in [0, 0.05) is 29.6 Å². The summed E-state index contributed by atoms with van der Waals surface area (Å²) in [6.07, 6.45) is 7.61. The van der Waals surface area contributed by atoms with E-state index in [0.717, 1.165) is 37.7 Å². The van der Waals surface area contributed by atoms with Gasteiger partial charge in [0.05, 0.1) is 19.1 Å². The van der Waals surface area contributed by atoms with E-state index in [1.54, 1.807) is 6.08 Å². The Morgan fingerprint density at radius 1 is 1.16 bits per heavy atom. The predicted octanol–water partition coefficient (Wildman–Crippen LogP) is 3.76. The van der Waals surface area contributed by atoms with Crippen LogP contribution >= 0.6 is 0 Å². The van der Waals surface area contributed by atoms with Crippen molar-refractivity contribution < 1.29 is 28.6 Å². The van der Waals surface area contributed by atoms with Crippen LogP contribution in [0, 0.1) is 28.6 Å². The normalized spacial score (nSPS) is 51.5. The topological polar surface area (TPSA) is 82.2 Å². The van der Waals surface area contributed by atoms with Crippen LogP contribution in [-0.4, -0.2) is 42.1 Å². The van der Waals surface area contributed by atoms with Crippen LogP contribution in [0.25, 0.3) is 0 Å². The molecule has 0 aromatic heterocycles. The van der Waals surface area contributed by atoms with Crippen LogP contribution in [0.15, 0.2) is 11.6 Å². The summed E-state index contributed by atoms with van der Waals surface area (Å²) in [5.41, 5.74) is -0.175. The van der Waals surface area contributed by atoms with Gasteiger partial charge in [0.15, 0.2) is 5.78 Å². The van der Waals surface area contributed by atoms with E-state index in [-0.39, 0.29) is 59.8 Å². The summed E-state index contributed by atoms with van der Waals surface area (Å²) in [7, 11) is 1.45. The van der Waals surface area contributed by atoms with Gasteiger partial charge in [0.25, 0.3) is 0 Å². The second kappa shape index (κ2) is 6.21. The summed E-state index contributed by atoms with van der Waals surface area (Å²) < 4.78 is 17.9. The molecule has 0 amide bonds. The molecule has 5 fully saturated rings. The van der Waals surface area contributed by atoms with Crippen molar-refractivity contribution in [3.63, 3.8) is 0 Å². The molecule has 0 aromatic rings. The highest BCUT2D eigenvalue weighted by molar-refractivity contribution is 5.92. The zero-order valence-electron chi connectivity index (χ0n) is 18.0. The van der Waals surface area contributed by atoms with Gasteiger partial charge in [-0.05, 0) is 50.5 Å². The number of fused-ring (bicyclic) bond motifs is 4. The first kappa shape index (κ1) is 21.2. The summed E-state index contributed by atoms with van der Waals surface area (Å²) in [6.45, 7) is 4.51. The van der Waals surface area contributed by atoms with Gasteiger partial charge in [-0.3, -0.25) is 14.4 Å². The third-order valence-electron chi connectivity index (χ3n) is 10.2. The van der Waals surface area contributed by atoms with Crippen LogP contribution in [0.3, 0.4) is 0 Å². The minimum absolute atomic E-state index is 0. The van der Waals surface area contributed by atoms with Crippen molar-refractivity contribution in [2.45, 2.75) is 89.9 Å².